The highest BCUT2D eigenvalue weighted by Gasteiger charge is 2.23. The number of allylic oxidation sites excluding steroid dienone is 2. The molecule has 1 aromatic carbocycles. The lowest BCUT2D eigenvalue weighted by Gasteiger charge is -2.07. The summed E-state index contributed by atoms with van der Waals surface area (Å²) in [6.07, 6.45) is 6.31. The Balaban J connectivity index is 0.000000457. The molecule has 1 N–H and O–H groups in total. The molecule has 31 heavy (non-hydrogen) atoms. The van der Waals surface area contributed by atoms with Gasteiger partial charge in [0.25, 0.3) is 5.91 Å². The highest BCUT2D eigenvalue weighted by Crippen LogP contribution is 2.38. The van der Waals surface area contributed by atoms with Crippen LogP contribution in [-0.2, 0) is 17.6 Å². The Kier molecular flexibility index (Phi) is 11.6. The highest BCUT2D eigenvalue weighted by molar-refractivity contribution is 7.16. The summed E-state index contributed by atoms with van der Waals surface area (Å²) in [6.45, 7) is 14.5. The fourth-order valence-electron chi connectivity index (χ4n) is 2.79. The Bertz CT molecular complexity index is 1070. The van der Waals surface area contributed by atoms with Crippen LogP contribution in [0.15, 0.2) is 79.9 Å². The molecule has 1 heterocycles. The van der Waals surface area contributed by atoms with Crippen LogP contribution in [-0.4, -0.2) is 12.5 Å². The minimum atomic E-state index is -0.238. The van der Waals surface area contributed by atoms with Crippen molar-refractivity contribution in [2.24, 2.45) is 0 Å². The summed E-state index contributed by atoms with van der Waals surface area (Å²) in [6, 6.07) is 9.78. The summed E-state index contributed by atoms with van der Waals surface area (Å²) >= 11 is 1.52. The van der Waals surface area contributed by atoms with Gasteiger partial charge in [-0.1, -0.05) is 30.2 Å². The molecule has 0 saturated heterocycles. The van der Waals surface area contributed by atoms with Crippen LogP contribution in [0.2, 0.25) is 0 Å². The maximum Gasteiger partial charge on any atom is 0.262 e. The first-order valence-corrected chi connectivity index (χ1v) is 10.4. The van der Waals surface area contributed by atoms with Gasteiger partial charge in [-0.15, -0.1) is 30.2 Å². The van der Waals surface area contributed by atoms with Crippen molar-refractivity contribution in [3.63, 3.8) is 0 Å². The van der Waals surface area contributed by atoms with Gasteiger partial charge in [-0.2, -0.15) is 5.26 Å². The minimum Gasteiger partial charge on any atom is -0.484 e. The standard InChI is InChI=1S/C17H16N2O2S.C7H6.C2H4/c1-11-4-2-5-12(8-11)21-10-16(20)19-17-14(9-18)13-6-3-7-15(13)22-17;1-3-5-7-6-4-2;1-2/h2,4-5,8H,3,6-7,10H2,1H3,(H,19,20);5,7H,1-2H2;1-2H2. The van der Waals surface area contributed by atoms with Crippen LogP contribution in [0.25, 0.3) is 0 Å². The minimum absolute atomic E-state index is 0.0586. The average Bonchev–Trinajstić information content (AvgIpc) is 3.35. The third-order valence-electron chi connectivity index (χ3n) is 4.03. The van der Waals surface area contributed by atoms with E-state index in [0.717, 1.165) is 30.4 Å². The van der Waals surface area contributed by atoms with E-state index in [1.165, 1.54) is 16.2 Å². The van der Waals surface area contributed by atoms with Crippen LogP contribution in [0.3, 0.4) is 0 Å². The average molecular weight is 431 g/mol. The number of benzene rings is 1. The number of ether oxygens (including phenoxy) is 1. The maximum atomic E-state index is 12.0. The molecule has 0 aliphatic heterocycles. The number of hydrogen-bond acceptors (Lipinski definition) is 4. The van der Waals surface area contributed by atoms with E-state index in [9.17, 15) is 10.1 Å². The second kappa shape index (κ2) is 14.3. The van der Waals surface area contributed by atoms with Crippen molar-refractivity contribution < 1.29 is 9.53 Å². The number of nitriles is 1. The van der Waals surface area contributed by atoms with Gasteiger partial charge in [0.1, 0.15) is 16.8 Å². The van der Waals surface area contributed by atoms with Crippen LogP contribution < -0.4 is 10.1 Å². The predicted molar refractivity (Wildman–Crippen MR) is 129 cm³/mol. The van der Waals surface area contributed by atoms with Crippen LogP contribution in [0, 0.1) is 18.3 Å². The quantitative estimate of drug-likeness (QED) is 0.356. The Morgan fingerprint density at radius 2 is 2.06 bits per heavy atom. The van der Waals surface area contributed by atoms with Gasteiger partial charge in [0.15, 0.2) is 6.61 Å². The number of anilines is 1. The zero-order valence-electron chi connectivity index (χ0n) is 17.8. The van der Waals surface area contributed by atoms with Gasteiger partial charge in [-0.05, 0) is 68.2 Å². The van der Waals surface area contributed by atoms with E-state index in [1.807, 2.05) is 31.2 Å². The largest absolute Gasteiger partial charge is 0.484 e. The second-order valence-corrected chi connectivity index (χ2v) is 7.29. The van der Waals surface area contributed by atoms with Gasteiger partial charge in [0.05, 0.1) is 5.56 Å². The second-order valence-electron chi connectivity index (χ2n) is 6.19. The van der Waals surface area contributed by atoms with Crippen molar-refractivity contribution in [2.75, 3.05) is 11.9 Å². The SMILES string of the molecule is C=C.C=C=C=CC=C=C.Cc1cccc(OCC(=O)Nc2sc3c(c2C#N)CCC3)c1. The van der Waals surface area contributed by atoms with E-state index in [0.29, 0.717) is 16.3 Å². The summed E-state index contributed by atoms with van der Waals surface area (Å²) < 4.78 is 5.48. The molecular formula is C26H26N2O2S. The van der Waals surface area contributed by atoms with E-state index < -0.39 is 0 Å². The molecule has 0 fully saturated rings. The lowest BCUT2D eigenvalue weighted by molar-refractivity contribution is -0.118. The van der Waals surface area contributed by atoms with Gasteiger partial charge in [-0.25, -0.2) is 0 Å². The van der Waals surface area contributed by atoms with Crippen LogP contribution >= 0.6 is 11.3 Å². The van der Waals surface area contributed by atoms with Gasteiger partial charge in [-0.3, -0.25) is 4.79 Å². The molecule has 5 heteroatoms. The normalized spacial score (nSPS) is 10.1. The smallest absolute Gasteiger partial charge is 0.262 e. The summed E-state index contributed by atoms with van der Waals surface area (Å²) in [5.74, 6) is 0.433. The molecule has 1 amide bonds. The number of carbonyl (C=O) groups excluding carboxylic acids is 1. The number of carbonyl (C=O) groups is 1. The molecule has 0 saturated carbocycles. The van der Waals surface area contributed by atoms with Gasteiger partial charge in [0, 0.05) is 4.88 Å². The van der Waals surface area contributed by atoms with Crippen molar-refractivity contribution in [3.05, 3.63) is 101 Å². The molecule has 1 aromatic heterocycles. The molecule has 0 unspecified atom stereocenters. The summed E-state index contributed by atoms with van der Waals surface area (Å²) in [7, 11) is 0. The summed E-state index contributed by atoms with van der Waals surface area (Å²) in [4.78, 5) is 13.3. The molecular weight excluding hydrogens is 404 g/mol. The topological polar surface area (TPSA) is 62.1 Å². The molecule has 3 rings (SSSR count). The maximum absolute atomic E-state index is 12.0. The molecule has 158 valence electrons. The van der Waals surface area contributed by atoms with E-state index in [-0.39, 0.29) is 12.5 Å². The summed E-state index contributed by atoms with van der Waals surface area (Å²) in [5.41, 5.74) is 10.4. The number of aryl methyl sites for hydroxylation is 2. The Morgan fingerprint density at radius 1 is 1.29 bits per heavy atom. The molecule has 0 spiro atoms. The van der Waals surface area contributed by atoms with Gasteiger partial charge in [0.2, 0.25) is 0 Å². The Hall–Kier alpha value is -3.76. The van der Waals surface area contributed by atoms with Crippen molar-refractivity contribution in [1.82, 2.24) is 0 Å². The zero-order valence-corrected chi connectivity index (χ0v) is 18.6. The number of nitrogens with one attached hydrogen (secondary N) is 1. The predicted octanol–water partition coefficient (Wildman–Crippen LogP) is 6.06. The van der Waals surface area contributed by atoms with Crippen LogP contribution in [0.4, 0.5) is 5.00 Å². The van der Waals surface area contributed by atoms with Crippen molar-refractivity contribution >= 4 is 22.2 Å². The molecule has 1 aliphatic rings. The fraction of sp³-hybridized carbons (Fsp3) is 0.192. The molecule has 2 aromatic rings. The third kappa shape index (κ3) is 8.25. The highest BCUT2D eigenvalue weighted by atomic mass is 32.1. The van der Waals surface area contributed by atoms with E-state index in [1.54, 1.807) is 12.2 Å². The molecule has 0 atom stereocenters. The third-order valence-corrected chi connectivity index (χ3v) is 5.24. The Labute approximate surface area is 188 Å². The first-order chi connectivity index (χ1) is 15.1. The number of fused-ring (bicyclic) bond motifs is 1. The van der Waals surface area contributed by atoms with Crippen LogP contribution in [0.5, 0.6) is 5.75 Å². The molecule has 0 bridgehead atoms. The first-order valence-electron chi connectivity index (χ1n) is 9.58. The van der Waals surface area contributed by atoms with Crippen LogP contribution in [0.1, 0.15) is 28.0 Å². The fourth-order valence-corrected chi connectivity index (χ4v) is 4.04. The molecule has 0 radical (unpaired) electrons. The van der Waals surface area contributed by atoms with E-state index in [4.69, 9.17) is 4.74 Å². The van der Waals surface area contributed by atoms with Crippen molar-refractivity contribution in [2.45, 2.75) is 26.2 Å². The van der Waals surface area contributed by atoms with Gasteiger partial charge >= 0.3 is 0 Å². The van der Waals surface area contributed by atoms with Crippen molar-refractivity contribution in [1.29, 1.82) is 5.26 Å². The number of hydrogen-bond donors (Lipinski definition) is 1. The summed E-state index contributed by atoms with van der Waals surface area (Å²) in [5, 5.41) is 12.8. The lowest BCUT2D eigenvalue weighted by Crippen LogP contribution is -2.20. The number of amides is 1. The lowest BCUT2D eigenvalue weighted by atomic mass is 10.1. The number of thiophene rings is 1. The van der Waals surface area contributed by atoms with E-state index >= 15 is 0 Å². The number of nitrogens with zero attached hydrogens (tertiary/aromatic N) is 1. The number of rotatable bonds is 5. The molecule has 1 aliphatic carbocycles. The van der Waals surface area contributed by atoms with Crippen molar-refractivity contribution in [3.8, 4) is 11.8 Å². The first kappa shape index (κ1) is 25.3. The Morgan fingerprint density at radius 3 is 2.71 bits per heavy atom. The monoisotopic (exact) mass is 430 g/mol. The van der Waals surface area contributed by atoms with Gasteiger partial charge < -0.3 is 10.1 Å². The zero-order chi connectivity index (χ0) is 23.1. The molecule has 4 nitrogen and oxygen atoms in total. The van der Waals surface area contributed by atoms with E-state index in [2.05, 4.69) is 54.9 Å².